The van der Waals surface area contributed by atoms with Crippen molar-refractivity contribution in [2.75, 3.05) is 6.54 Å². The van der Waals surface area contributed by atoms with E-state index in [1.807, 2.05) is 25.7 Å². The van der Waals surface area contributed by atoms with E-state index in [0.717, 1.165) is 5.82 Å². The average molecular weight is 226 g/mol. The quantitative estimate of drug-likeness (QED) is 0.809. The summed E-state index contributed by atoms with van der Waals surface area (Å²) in [6.07, 6.45) is 1.47. The van der Waals surface area contributed by atoms with Gasteiger partial charge in [-0.1, -0.05) is 0 Å². The highest BCUT2D eigenvalue weighted by atomic mass is 16.4. The van der Waals surface area contributed by atoms with Crippen molar-refractivity contribution in [1.29, 1.82) is 0 Å². The number of hydrogen-bond acceptors (Lipinski definition) is 4. The first-order chi connectivity index (χ1) is 7.30. The molecule has 0 radical (unpaired) electrons. The minimum absolute atomic E-state index is 0.00361. The molecule has 0 aliphatic heterocycles. The number of nitrogens with zero attached hydrogens (tertiary/aromatic N) is 4. The van der Waals surface area contributed by atoms with Crippen LogP contribution in [0.1, 0.15) is 26.6 Å². The van der Waals surface area contributed by atoms with Crippen LogP contribution in [0, 0.1) is 0 Å². The summed E-state index contributed by atoms with van der Waals surface area (Å²) in [6, 6.07) is 0. The monoisotopic (exact) mass is 226 g/mol. The van der Waals surface area contributed by atoms with Crippen LogP contribution >= 0.6 is 0 Å². The predicted octanol–water partition coefficient (Wildman–Crippen LogP) is 0.500. The molecule has 0 bridgehead atoms. The average Bonchev–Trinajstić information content (AvgIpc) is 2.48. The minimum Gasteiger partial charge on any atom is -0.480 e. The fourth-order valence-electron chi connectivity index (χ4n) is 1.33. The van der Waals surface area contributed by atoms with Gasteiger partial charge in [0.2, 0.25) is 0 Å². The first-order valence-corrected chi connectivity index (χ1v) is 5.10. The normalized spacial score (nSPS) is 12.1. The lowest BCUT2D eigenvalue weighted by molar-refractivity contribution is -0.140. The predicted molar refractivity (Wildman–Crippen MR) is 58.8 cm³/mol. The molecular weight excluding hydrogens is 208 g/mol. The van der Waals surface area contributed by atoms with E-state index in [1.54, 1.807) is 11.7 Å². The maximum atomic E-state index is 10.8. The lowest BCUT2D eigenvalue weighted by Gasteiger charge is -2.33. The Kier molecular flexibility index (Phi) is 3.64. The van der Waals surface area contributed by atoms with Crippen LogP contribution in [0.5, 0.6) is 0 Å². The molecule has 0 amide bonds. The number of carboxylic acid groups (broad SMARTS) is 1. The van der Waals surface area contributed by atoms with Gasteiger partial charge >= 0.3 is 5.97 Å². The Morgan fingerprint density at radius 1 is 1.56 bits per heavy atom. The van der Waals surface area contributed by atoms with E-state index in [1.165, 1.54) is 6.33 Å². The van der Waals surface area contributed by atoms with Crippen molar-refractivity contribution in [3.63, 3.8) is 0 Å². The fraction of sp³-hybridized carbons (Fsp3) is 0.700. The van der Waals surface area contributed by atoms with Gasteiger partial charge in [0.05, 0.1) is 13.1 Å². The van der Waals surface area contributed by atoms with Gasteiger partial charge in [-0.3, -0.25) is 14.4 Å². The van der Waals surface area contributed by atoms with Crippen molar-refractivity contribution >= 4 is 5.97 Å². The summed E-state index contributed by atoms with van der Waals surface area (Å²) < 4.78 is 1.65. The molecule has 0 spiro atoms. The summed E-state index contributed by atoms with van der Waals surface area (Å²) in [5.41, 5.74) is -0.218. The number of aliphatic carboxylic acids is 1. The van der Waals surface area contributed by atoms with Gasteiger partial charge in [-0.25, -0.2) is 4.98 Å². The van der Waals surface area contributed by atoms with E-state index < -0.39 is 5.97 Å². The summed E-state index contributed by atoms with van der Waals surface area (Å²) in [5.74, 6) is -0.0757. The standard InChI is InChI=1S/C10H18N4O2/c1-10(2,3)14(6-9(15)16)5-8-11-7-12-13(8)4/h7H,5-6H2,1-4H3,(H,15,16). The van der Waals surface area contributed by atoms with Crippen molar-refractivity contribution in [3.05, 3.63) is 12.2 Å². The molecule has 1 aromatic rings. The number of aromatic nitrogens is 3. The molecule has 6 nitrogen and oxygen atoms in total. The third-order valence-electron chi connectivity index (χ3n) is 2.41. The Labute approximate surface area is 94.9 Å². The smallest absolute Gasteiger partial charge is 0.317 e. The summed E-state index contributed by atoms with van der Waals surface area (Å²) >= 11 is 0. The molecule has 1 rings (SSSR count). The Morgan fingerprint density at radius 3 is 2.56 bits per heavy atom. The number of hydrogen-bond donors (Lipinski definition) is 1. The first-order valence-electron chi connectivity index (χ1n) is 5.10. The van der Waals surface area contributed by atoms with E-state index >= 15 is 0 Å². The second-order valence-corrected chi connectivity index (χ2v) is 4.72. The van der Waals surface area contributed by atoms with Crippen LogP contribution in [0.2, 0.25) is 0 Å². The van der Waals surface area contributed by atoms with Crippen LogP contribution in [0.15, 0.2) is 6.33 Å². The van der Waals surface area contributed by atoms with Crippen molar-refractivity contribution in [3.8, 4) is 0 Å². The zero-order valence-electron chi connectivity index (χ0n) is 10.1. The zero-order chi connectivity index (χ0) is 12.3. The molecule has 0 aliphatic rings. The van der Waals surface area contributed by atoms with Crippen LogP contribution in [-0.2, 0) is 18.4 Å². The number of carbonyl (C=O) groups is 1. The molecule has 0 fully saturated rings. The number of rotatable bonds is 4. The van der Waals surface area contributed by atoms with E-state index in [0.29, 0.717) is 6.54 Å². The highest BCUT2D eigenvalue weighted by Crippen LogP contribution is 2.15. The Balaban J connectivity index is 2.79. The van der Waals surface area contributed by atoms with E-state index in [4.69, 9.17) is 5.11 Å². The fourth-order valence-corrected chi connectivity index (χ4v) is 1.33. The van der Waals surface area contributed by atoms with Crippen molar-refractivity contribution in [1.82, 2.24) is 19.7 Å². The van der Waals surface area contributed by atoms with Crippen LogP contribution in [0.25, 0.3) is 0 Å². The summed E-state index contributed by atoms with van der Waals surface area (Å²) in [5, 5.41) is 12.8. The second-order valence-electron chi connectivity index (χ2n) is 4.72. The number of carboxylic acids is 1. The first kappa shape index (κ1) is 12.6. The molecular formula is C10H18N4O2. The van der Waals surface area contributed by atoms with E-state index in [9.17, 15) is 4.79 Å². The molecule has 0 aromatic carbocycles. The summed E-state index contributed by atoms with van der Waals surface area (Å²) in [4.78, 5) is 16.7. The zero-order valence-corrected chi connectivity index (χ0v) is 10.1. The van der Waals surface area contributed by atoms with Crippen LogP contribution in [-0.4, -0.2) is 42.8 Å². The largest absolute Gasteiger partial charge is 0.480 e. The maximum absolute atomic E-state index is 10.8. The van der Waals surface area contributed by atoms with Gasteiger partial charge in [-0.05, 0) is 20.8 Å². The second kappa shape index (κ2) is 4.61. The van der Waals surface area contributed by atoms with Gasteiger partial charge in [0.25, 0.3) is 0 Å². The van der Waals surface area contributed by atoms with Crippen LogP contribution in [0.4, 0.5) is 0 Å². The molecule has 0 saturated carbocycles. The summed E-state index contributed by atoms with van der Waals surface area (Å²) in [7, 11) is 1.80. The molecule has 90 valence electrons. The molecule has 0 unspecified atom stereocenters. The van der Waals surface area contributed by atoms with Gasteiger partial charge in [0, 0.05) is 12.6 Å². The van der Waals surface area contributed by atoms with Crippen molar-refractivity contribution < 1.29 is 9.90 Å². The van der Waals surface area contributed by atoms with Crippen LogP contribution < -0.4 is 0 Å². The topological polar surface area (TPSA) is 71.2 Å². The Morgan fingerprint density at radius 2 is 2.19 bits per heavy atom. The Hall–Kier alpha value is -1.43. The lowest BCUT2D eigenvalue weighted by atomic mass is 10.1. The minimum atomic E-state index is -0.836. The van der Waals surface area contributed by atoms with E-state index in [-0.39, 0.29) is 12.1 Å². The molecule has 6 heteroatoms. The maximum Gasteiger partial charge on any atom is 0.317 e. The molecule has 1 aromatic heterocycles. The molecule has 0 aliphatic carbocycles. The van der Waals surface area contributed by atoms with Gasteiger partial charge in [0.15, 0.2) is 0 Å². The molecule has 0 saturated heterocycles. The highest BCUT2D eigenvalue weighted by Gasteiger charge is 2.24. The lowest BCUT2D eigenvalue weighted by Crippen LogP contribution is -2.44. The Bertz CT molecular complexity index is 367. The number of aryl methyl sites for hydroxylation is 1. The van der Waals surface area contributed by atoms with Gasteiger partial charge < -0.3 is 5.11 Å². The molecule has 1 N–H and O–H groups in total. The van der Waals surface area contributed by atoms with Gasteiger partial charge in [0.1, 0.15) is 12.2 Å². The van der Waals surface area contributed by atoms with Gasteiger partial charge in [-0.15, -0.1) is 0 Å². The van der Waals surface area contributed by atoms with Crippen LogP contribution in [0.3, 0.4) is 0 Å². The molecule has 0 atom stereocenters. The van der Waals surface area contributed by atoms with Crippen molar-refractivity contribution in [2.24, 2.45) is 7.05 Å². The van der Waals surface area contributed by atoms with Crippen molar-refractivity contribution in [2.45, 2.75) is 32.9 Å². The molecule has 16 heavy (non-hydrogen) atoms. The third-order valence-corrected chi connectivity index (χ3v) is 2.41. The summed E-state index contributed by atoms with van der Waals surface area (Å²) in [6.45, 7) is 6.41. The third kappa shape index (κ3) is 3.30. The molecule has 1 heterocycles. The SMILES string of the molecule is Cn1ncnc1CN(CC(=O)O)C(C)(C)C. The van der Waals surface area contributed by atoms with Gasteiger partial charge in [-0.2, -0.15) is 5.10 Å². The van der Waals surface area contributed by atoms with E-state index in [2.05, 4.69) is 10.1 Å². The highest BCUT2D eigenvalue weighted by molar-refractivity contribution is 5.69.